The quantitative estimate of drug-likeness (QED) is 0.339. The van der Waals surface area contributed by atoms with Crippen molar-refractivity contribution >= 4 is 28.6 Å². The summed E-state index contributed by atoms with van der Waals surface area (Å²) in [5, 5.41) is 11.9. The Morgan fingerprint density at radius 3 is 2.54 bits per heavy atom. The number of hydrogen-bond acceptors (Lipinski definition) is 6. The minimum Gasteiger partial charge on any atom is -0.350 e. The predicted molar refractivity (Wildman–Crippen MR) is 179 cm³/mol. The van der Waals surface area contributed by atoms with E-state index in [-0.39, 0.29) is 23.6 Å². The molecule has 10 nitrogen and oxygen atoms in total. The second kappa shape index (κ2) is 13.9. The van der Waals surface area contributed by atoms with Crippen LogP contribution < -0.4 is 10.6 Å². The number of aromatic nitrogens is 2. The summed E-state index contributed by atoms with van der Waals surface area (Å²) in [5.41, 5.74) is 4.43. The van der Waals surface area contributed by atoms with Crippen molar-refractivity contribution in [1.29, 1.82) is 0 Å². The molecular weight excluding hydrogens is 578 g/mol. The Hall–Kier alpha value is -3.76. The lowest BCUT2D eigenvalue weighted by atomic mass is 9.88. The molecule has 1 aromatic heterocycles. The average molecular weight is 628 g/mol. The zero-order chi connectivity index (χ0) is 32.4. The van der Waals surface area contributed by atoms with E-state index in [1.54, 1.807) is 9.80 Å². The van der Waals surface area contributed by atoms with Gasteiger partial charge in [0.05, 0.1) is 23.7 Å². The van der Waals surface area contributed by atoms with Crippen LogP contribution in [0.5, 0.6) is 0 Å². The fraction of sp³-hybridized carbons (Fsp3) is 0.556. The van der Waals surface area contributed by atoms with Crippen LogP contribution in [0.2, 0.25) is 0 Å². The highest BCUT2D eigenvalue weighted by molar-refractivity contribution is 5.94. The Morgan fingerprint density at radius 1 is 1.02 bits per heavy atom. The van der Waals surface area contributed by atoms with E-state index >= 15 is 0 Å². The van der Waals surface area contributed by atoms with Gasteiger partial charge in [-0.05, 0) is 88.2 Å². The highest BCUT2D eigenvalue weighted by Crippen LogP contribution is 2.31. The molecule has 6 rings (SSSR count). The summed E-state index contributed by atoms with van der Waals surface area (Å²) in [6.45, 7) is 5.09. The zero-order valence-corrected chi connectivity index (χ0v) is 27.7. The van der Waals surface area contributed by atoms with Crippen LogP contribution in [0.25, 0.3) is 10.9 Å². The van der Waals surface area contributed by atoms with Gasteiger partial charge in [0.1, 0.15) is 6.04 Å². The van der Waals surface area contributed by atoms with Gasteiger partial charge in [0.25, 0.3) is 0 Å². The van der Waals surface area contributed by atoms with E-state index in [9.17, 15) is 14.4 Å². The van der Waals surface area contributed by atoms with Crippen molar-refractivity contribution in [1.82, 2.24) is 35.1 Å². The topological polar surface area (TPSA) is 103 Å². The number of carbonyl (C=O) groups excluding carboxylic acids is 3. The number of likely N-dealkylation sites (tertiary alicyclic amines) is 1. The fourth-order valence-corrected chi connectivity index (χ4v) is 7.24. The van der Waals surface area contributed by atoms with Crippen LogP contribution in [-0.4, -0.2) is 101 Å². The fourth-order valence-electron chi connectivity index (χ4n) is 7.24. The maximum Gasteiger partial charge on any atom is 0.243 e. The van der Waals surface area contributed by atoms with Gasteiger partial charge >= 0.3 is 0 Å². The van der Waals surface area contributed by atoms with E-state index in [0.717, 1.165) is 35.9 Å². The first-order valence-electron chi connectivity index (χ1n) is 16.9. The second-order valence-corrected chi connectivity index (χ2v) is 13.8. The molecule has 1 saturated carbocycles. The number of rotatable bonds is 11. The number of nitrogens with one attached hydrogen (secondary N) is 2. The smallest absolute Gasteiger partial charge is 0.243 e. The summed E-state index contributed by atoms with van der Waals surface area (Å²) in [6.07, 6.45) is 7.18. The molecular formula is C36H49N7O3. The Bertz CT molecular complexity index is 1550. The van der Waals surface area contributed by atoms with E-state index < -0.39 is 18.0 Å². The lowest BCUT2D eigenvalue weighted by molar-refractivity contribution is -0.146. The molecule has 2 aromatic carbocycles. The first kappa shape index (κ1) is 32.2. The number of aryl methyl sites for hydroxylation is 2. The van der Waals surface area contributed by atoms with Crippen LogP contribution in [0.15, 0.2) is 48.7 Å². The van der Waals surface area contributed by atoms with Crippen molar-refractivity contribution in [3.8, 4) is 0 Å². The van der Waals surface area contributed by atoms with Gasteiger partial charge in [-0.25, -0.2) is 0 Å². The Balaban J connectivity index is 1.16. The lowest BCUT2D eigenvalue weighted by Crippen LogP contribution is -2.59. The minimum atomic E-state index is -0.633. The van der Waals surface area contributed by atoms with Gasteiger partial charge in [-0.2, -0.15) is 5.10 Å². The number of benzene rings is 2. The summed E-state index contributed by atoms with van der Waals surface area (Å²) < 4.78 is 1.83. The van der Waals surface area contributed by atoms with Crippen molar-refractivity contribution in [2.75, 3.05) is 40.3 Å². The van der Waals surface area contributed by atoms with Gasteiger partial charge in [-0.15, -0.1) is 0 Å². The van der Waals surface area contributed by atoms with E-state index in [1.807, 2.05) is 43.2 Å². The number of piperidine rings is 1. The summed E-state index contributed by atoms with van der Waals surface area (Å²) in [5.74, 6) is -0.567. The second-order valence-electron chi connectivity index (χ2n) is 13.8. The van der Waals surface area contributed by atoms with Crippen molar-refractivity contribution in [3.63, 3.8) is 0 Å². The van der Waals surface area contributed by atoms with Crippen molar-refractivity contribution < 1.29 is 14.4 Å². The number of nitrogens with zero attached hydrogens (tertiary/aromatic N) is 5. The van der Waals surface area contributed by atoms with Gasteiger partial charge in [-0.3, -0.25) is 19.1 Å². The van der Waals surface area contributed by atoms with E-state index in [4.69, 9.17) is 0 Å². The summed E-state index contributed by atoms with van der Waals surface area (Å²) in [4.78, 5) is 47.8. The van der Waals surface area contributed by atoms with Crippen LogP contribution in [0.3, 0.4) is 0 Å². The Labute approximate surface area is 272 Å². The van der Waals surface area contributed by atoms with Gasteiger partial charge in [0, 0.05) is 51.7 Å². The molecule has 3 aliphatic rings. The van der Waals surface area contributed by atoms with Crippen molar-refractivity contribution in [2.45, 2.75) is 70.1 Å². The highest BCUT2D eigenvalue weighted by Gasteiger charge is 2.45. The lowest BCUT2D eigenvalue weighted by Gasteiger charge is -2.37. The number of amides is 3. The number of hydrogen-bond donors (Lipinski definition) is 2. The van der Waals surface area contributed by atoms with Crippen LogP contribution in [0.1, 0.15) is 48.8 Å². The monoisotopic (exact) mass is 627 g/mol. The van der Waals surface area contributed by atoms with Gasteiger partial charge in [0.2, 0.25) is 17.7 Å². The molecule has 0 bridgehead atoms. The number of fused-ring (bicyclic) bond motifs is 1. The van der Waals surface area contributed by atoms with Crippen LogP contribution in [0, 0.1) is 18.8 Å². The maximum absolute atomic E-state index is 14.4. The molecule has 1 aliphatic carbocycles. The molecule has 2 aliphatic heterocycles. The van der Waals surface area contributed by atoms with Crippen LogP contribution in [-0.2, 0) is 34.4 Å². The third-order valence-electron chi connectivity index (χ3n) is 10.3. The third-order valence-corrected chi connectivity index (χ3v) is 10.3. The molecule has 3 fully saturated rings. The molecule has 3 heterocycles. The SMILES string of the molecule is Cc1ccc(C[C@@H]2C[C@@H](C(=O)NCc3ccc4c(cnn4C)c3)N(C(=O)[C@@H]3NCCC[C@@H]3C(=O)N(C)CCN(C)C3CC3)C2)cc1. The van der Waals surface area contributed by atoms with E-state index in [1.165, 1.54) is 24.0 Å². The summed E-state index contributed by atoms with van der Waals surface area (Å²) in [7, 11) is 5.88. The molecule has 10 heteroatoms. The molecule has 0 radical (unpaired) electrons. The molecule has 46 heavy (non-hydrogen) atoms. The van der Waals surface area contributed by atoms with Gasteiger partial charge in [0.15, 0.2) is 0 Å². The number of carbonyl (C=O) groups is 3. The van der Waals surface area contributed by atoms with Crippen molar-refractivity contribution in [3.05, 3.63) is 65.4 Å². The largest absolute Gasteiger partial charge is 0.350 e. The molecule has 0 spiro atoms. The average Bonchev–Trinajstić information content (AvgIpc) is 3.75. The Kier molecular flexibility index (Phi) is 9.75. The minimum absolute atomic E-state index is 0.0111. The third kappa shape index (κ3) is 7.28. The Morgan fingerprint density at radius 2 is 1.78 bits per heavy atom. The molecule has 0 unspecified atom stereocenters. The summed E-state index contributed by atoms with van der Waals surface area (Å²) in [6, 6.07) is 14.0. The standard InChI is InChI=1S/C36H49N7O3/c1-24-7-9-25(10-8-24)18-27-20-32(34(44)38-21-26-11-14-31-28(19-26)22-39-42(31)4)43(23-27)36(46)33-30(6-5-15-37-33)35(45)41(3)17-16-40(2)29-12-13-29/h7-11,14,19,22,27,29-30,32-33,37H,5-6,12-13,15-18,20-21,23H2,1-4H3,(H,38,44)/t27-,30+,32+,33-/m1/s1. The molecule has 3 aromatic rings. The zero-order valence-electron chi connectivity index (χ0n) is 27.7. The summed E-state index contributed by atoms with van der Waals surface area (Å²) >= 11 is 0. The highest BCUT2D eigenvalue weighted by atomic mass is 16.2. The molecule has 3 amide bonds. The molecule has 246 valence electrons. The molecule has 2 N–H and O–H groups in total. The molecule has 4 atom stereocenters. The first-order valence-corrected chi connectivity index (χ1v) is 16.9. The van der Waals surface area contributed by atoms with Gasteiger partial charge < -0.3 is 25.3 Å². The van der Waals surface area contributed by atoms with E-state index in [0.29, 0.717) is 45.1 Å². The van der Waals surface area contributed by atoms with E-state index in [2.05, 4.69) is 58.9 Å². The van der Waals surface area contributed by atoms with Crippen LogP contribution >= 0.6 is 0 Å². The normalized spacial score (nSPS) is 23.2. The maximum atomic E-state index is 14.4. The van der Waals surface area contributed by atoms with Crippen LogP contribution in [0.4, 0.5) is 0 Å². The molecule has 2 saturated heterocycles. The van der Waals surface area contributed by atoms with Gasteiger partial charge in [-0.1, -0.05) is 35.9 Å². The predicted octanol–water partition coefficient (Wildman–Crippen LogP) is 2.88. The first-order chi connectivity index (χ1) is 22.2. The van der Waals surface area contributed by atoms with Crippen molar-refractivity contribution in [2.24, 2.45) is 18.9 Å². The number of likely N-dealkylation sites (N-methyl/N-ethyl adjacent to an activating group) is 2.